The maximum atomic E-state index is 6.51. The molecule has 2 aromatic rings. The number of aryl methyl sites for hydroxylation is 1. The number of hydrogen-bond acceptors (Lipinski definition) is 4. The second-order valence-corrected chi connectivity index (χ2v) is 6.29. The Morgan fingerprint density at radius 3 is 2.40 bits per heavy atom. The van der Waals surface area contributed by atoms with Gasteiger partial charge in [-0.05, 0) is 55.0 Å². The molecule has 0 aliphatic carbocycles. The normalized spacial score (nSPS) is 13.8. The largest absolute Gasteiger partial charge is 0.493 e. The molecule has 1 unspecified atom stereocenters. The molecule has 1 atom stereocenters. The Balaban J connectivity index is 2.27. The van der Waals surface area contributed by atoms with Gasteiger partial charge in [-0.25, -0.2) is 0 Å². The quantitative estimate of drug-likeness (QED) is 0.917. The van der Waals surface area contributed by atoms with Crippen molar-refractivity contribution in [3.05, 3.63) is 45.6 Å². The van der Waals surface area contributed by atoms with Crippen LogP contribution in [0.5, 0.6) is 11.5 Å². The van der Waals surface area contributed by atoms with Crippen molar-refractivity contribution in [2.45, 2.75) is 25.8 Å². The molecule has 1 aromatic carbocycles. The van der Waals surface area contributed by atoms with Gasteiger partial charge in [0.1, 0.15) is 0 Å². The first-order valence-electron chi connectivity index (χ1n) is 6.52. The minimum Gasteiger partial charge on any atom is -0.493 e. The van der Waals surface area contributed by atoms with E-state index in [2.05, 4.69) is 25.3 Å². The van der Waals surface area contributed by atoms with Crippen LogP contribution in [-0.2, 0) is 12.0 Å². The minimum atomic E-state index is -0.385. The third-order valence-corrected chi connectivity index (χ3v) is 4.34. The first kappa shape index (κ1) is 14.9. The highest BCUT2D eigenvalue weighted by Gasteiger charge is 2.24. The molecule has 0 aliphatic rings. The van der Waals surface area contributed by atoms with Gasteiger partial charge >= 0.3 is 0 Å². The van der Waals surface area contributed by atoms with E-state index in [0.29, 0.717) is 0 Å². The van der Waals surface area contributed by atoms with E-state index in [4.69, 9.17) is 15.2 Å². The van der Waals surface area contributed by atoms with Gasteiger partial charge in [0.15, 0.2) is 11.5 Å². The van der Waals surface area contributed by atoms with E-state index >= 15 is 0 Å². The summed E-state index contributed by atoms with van der Waals surface area (Å²) in [6.07, 6.45) is 0.755. The van der Waals surface area contributed by atoms with Gasteiger partial charge in [-0.2, -0.15) is 0 Å². The Labute approximate surface area is 124 Å². The molecule has 0 radical (unpaired) electrons. The zero-order chi connectivity index (χ0) is 14.8. The van der Waals surface area contributed by atoms with Crippen molar-refractivity contribution in [2.24, 2.45) is 5.73 Å². The van der Waals surface area contributed by atoms with Gasteiger partial charge in [0.2, 0.25) is 0 Å². The zero-order valence-corrected chi connectivity index (χ0v) is 13.2. The summed E-state index contributed by atoms with van der Waals surface area (Å²) in [5.74, 6) is 1.48. The summed E-state index contributed by atoms with van der Waals surface area (Å²) in [6.45, 7) is 4.18. The first-order valence-corrected chi connectivity index (χ1v) is 7.40. The van der Waals surface area contributed by atoms with Gasteiger partial charge in [0.05, 0.1) is 14.2 Å². The van der Waals surface area contributed by atoms with E-state index in [1.165, 1.54) is 10.4 Å². The fourth-order valence-electron chi connectivity index (χ4n) is 2.49. The summed E-state index contributed by atoms with van der Waals surface area (Å²) in [5, 5.41) is 2.09. The van der Waals surface area contributed by atoms with Crippen LogP contribution in [0.25, 0.3) is 0 Å². The molecule has 108 valence electrons. The summed E-state index contributed by atoms with van der Waals surface area (Å²) in [5.41, 5.74) is 8.47. The number of thiophene rings is 1. The van der Waals surface area contributed by atoms with Crippen molar-refractivity contribution in [2.75, 3.05) is 14.2 Å². The van der Waals surface area contributed by atoms with Crippen molar-refractivity contribution in [3.63, 3.8) is 0 Å². The average molecular weight is 291 g/mol. The number of benzene rings is 1. The average Bonchev–Trinajstić information content (AvgIpc) is 2.85. The standard InChI is InChI=1S/C16H21NO2S/c1-11-13(7-8-20-11)16(2,17)10-12-5-6-14(18-3)15(9-12)19-4/h5-9H,10,17H2,1-4H3. The molecule has 20 heavy (non-hydrogen) atoms. The van der Waals surface area contributed by atoms with Crippen molar-refractivity contribution in [3.8, 4) is 11.5 Å². The maximum absolute atomic E-state index is 6.51. The van der Waals surface area contributed by atoms with Crippen LogP contribution < -0.4 is 15.2 Å². The van der Waals surface area contributed by atoms with Crippen LogP contribution in [0.15, 0.2) is 29.6 Å². The molecule has 2 N–H and O–H groups in total. The van der Waals surface area contributed by atoms with E-state index in [1.54, 1.807) is 25.6 Å². The molecule has 0 amide bonds. The molecule has 1 heterocycles. The van der Waals surface area contributed by atoms with E-state index in [0.717, 1.165) is 23.5 Å². The SMILES string of the molecule is COc1ccc(CC(C)(N)c2ccsc2C)cc1OC. The zero-order valence-electron chi connectivity index (χ0n) is 12.4. The van der Waals surface area contributed by atoms with Crippen molar-refractivity contribution in [1.82, 2.24) is 0 Å². The van der Waals surface area contributed by atoms with Gasteiger partial charge in [0, 0.05) is 10.4 Å². The van der Waals surface area contributed by atoms with Gasteiger partial charge in [-0.1, -0.05) is 6.07 Å². The summed E-state index contributed by atoms with van der Waals surface area (Å²) >= 11 is 1.73. The van der Waals surface area contributed by atoms with Crippen LogP contribution in [0.2, 0.25) is 0 Å². The number of methoxy groups -OCH3 is 2. The molecule has 0 saturated heterocycles. The predicted octanol–water partition coefficient (Wildman–Crippen LogP) is 3.49. The fourth-order valence-corrected chi connectivity index (χ4v) is 3.32. The maximum Gasteiger partial charge on any atom is 0.160 e. The summed E-state index contributed by atoms with van der Waals surface area (Å²) in [7, 11) is 3.28. The van der Waals surface area contributed by atoms with Crippen molar-refractivity contribution < 1.29 is 9.47 Å². The van der Waals surface area contributed by atoms with Gasteiger partial charge < -0.3 is 15.2 Å². The van der Waals surface area contributed by atoms with Crippen molar-refractivity contribution >= 4 is 11.3 Å². The third-order valence-electron chi connectivity index (χ3n) is 3.49. The summed E-state index contributed by atoms with van der Waals surface area (Å²) in [4.78, 5) is 1.27. The molecule has 2 rings (SSSR count). The number of ether oxygens (including phenoxy) is 2. The lowest BCUT2D eigenvalue weighted by atomic mass is 9.87. The number of rotatable bonds is 5. The molecule has 0 aliphatic heterocycles. The first-order chi connectivity index (χ1) is 9.47. The van der Waals surface area contributed by atoms with E-state index in [-0.39, 0.29) is 5.54 Å². The Morgan fingerprint density at radius 2 is 1.85 bits per heavy atom. The lowest BCUT2D eigenvalue weighted by Crippen LogP contribution is -2.35. The number of nitrogens with two attached hydrogens (primary N) is 1. The summed E-state index contributed by atoms with van der Waals surface area (Å²) < 4.78 is 10.6. The Hall–Kier alpha value is -1.52. The molecule has 1 aromatic heterocycles. The monoisotopic (exact) mass is 291 g/mol. The van der Waals surface area contributed by atoms with Crippen LogP contribution in [0.4, 0.5) is 0 Å². The second kappa shape index (κ2) is 5.85. The minimum absolute atomic E-state index is 0.385. The number of hydrogen-bond donors (Lipinski definition) is 1. The predicted molar refractivity (Wildman–Crippen MR) is 83.8 cm³/mol. The van der Waals surface area contributed by atoms with E-state index in [9.17, 15) is 0 Å². The third kappa shape index (κ3) is 2.97. The topological polar surface area (TPSA) is 44.5 Å². The highest BCUT2D eigenvalue weighted by atomic mass is 32.1. The van der Waals surface area contributed by atoms with Gasteiger partial charge in [-0.15, -0.1) is 11.3 Å². The molecule has 0 fully saturated rings. The molecular weight excluding hydrogens is 270 g/mol. The Kier molecular flexibility index (Phi) is 4.35. The fraction of sp³-hybridized carbons (Fsp3) is 0.375. The van der Waals surface area contributed by atoms with Crippen LogP contribution in [0.3, 0.4) is 0 Å². The Bertz CT molecular complexity index is 590. The molecule has 0 bridgehead atoms. The van der Waals surface area contributed by atoms with E-state index < -0.39 is 0 Å². The molecule has 3 nitrogen and oxygen atoms in total. The molecular formula is C16H21NO2S. The Morgan fingerprint density at radius 1 is 1.15 bits per heavy atom. The van der Waals surface area contributed by atoms with Gasteiger partial charge in [-0.3, -0.25) is 0 Å². The lowest BCUT2D eigenvalue weighted by molar-refractivity contribution is 0.354. The van der Waals surface area contributed by atoms with Crippen molar-refractivity contribution in [1.29, 1.82) is 0 Å². The van der Waals surface area contributed by atoms with Crippen LogP contribution in [0.1, 0.15) is 22.9 Å². The lowest BCUT2D eigenvalue weighted by Gasteiger charge is -2.25. The van der Waals surface area contributed by atoms with Gasteiger partial charge in [0.25, 0.3) is 0 Å². The van der Waals surface area contributed by atoms with Crippen LogP contribution in [0, 0.1) is 6.92 Å². The smallest absolute Gasteiger partial charge is 0.160 e. The second-order valence-electron chi connectivity index (χ2n) is 5.17. The molecule has 4 heteroatoms. The van der Waals surface area contributed by atoms with Crippen LogP contribution >= 0.6 is 11.3 Å². The molecule has 0 spiro atoms. The summed E-state index contributed by atoms with van der Waals surface area (Å²) in [6, 6.07) is 8.06. The van der Waals surface area contributed by atoms with E-state index in [1.807, 2.05) is 18.2 Å². The highest BCUT2D eigenvalue weighted by Crippen LogP contribution is 2.32. The van der Waals surface area contributed by atoms with Crippen LogP contribution in [-0.4, -0.2) is 14.2 Å². The highest BCUT2D eigenvalue weighted by molar-refractivity contribution is 7.10. The molecule has 0 saturated carbocycles.